The van der Waals surface area contributed by atoms with Gasteiger partial charge in [0.1, 0.15) is 0 Å². The molecular weight excluding hydrogens is 210 g/mol. The molecule has 1 N–H and O–H groups in total. The minimum atomic E-state index is 0.488. The molecule has 0 amide bonds. The van der Waals surface area contributed by atoms with E-state index in [1.54, 1.807) is 6.21 Å². The second-order valence-electron chi connectivity index (χ2n) is 3.47. The molecular formula is C11H8ClN3. The zero-order chi connectivity index (χ0) is 10.3. The molecule has 0 saturated heterocycles. The first kappa shape index (κ1) is 8.68. The van der Waals surface area contributed by atoms with Gasteiger partial charge in [0.15, 0.2) is 5.15 Å². The zero-order valence-electron chi connectivity index (χ0n) is 7.87. The van der Waals surface area contributed by atoms with Crippen LogP contribution in [0, 0.1) is 0 Å². The van der Waals surface area contributed by atoms with Crippen LogP contribution >= 0.6 is 11.6 Å². The molecule has 3 rings (SSSR count). The highest BCUT2D eigenvalue weighted by atomic mass is 35.5. The molecule has 1 aliphatic rings. The molecule has 2 aromatic rings. The van der Waals surface area contributed by atoms with Gasteiger partial charge < -0.3 is 0 Å². The van der Waals surface area contributed by atoms with E-state index in [0.29, 0.717) is 5.15 Å². The summed E-state index contributed by atoms with van der Waals surface area (Å²) in [6, 6.07) is 8.06. The third kappa shape index (κ3) is 1.36. The zero-order valence-corrected chi connectivity index (χ0v) is 8.62. The Balaban J connectivity index is 2.20. The summed E-state index contributed by atoms with van der Waals surface area (Å²) in [5.74, 6) is 0. The maximum Gasteiger partial charge on any atom is 0.159 e. The predicted octanol–water partition coefficient (Wildman–Crippen LogP) is 2.72. The second kappa shape index (κ2) is 3.21. The number of aromatic amines is 1. The summed E-state index contributed by atoms with van der Waals surface area (Å²) in [5.41, 5.74) is 4.10. The summed E-state index contributed by atoms with van der Waals surface area (Å²) in [5, 5.41) is 7.38. The van der Waals surface area contributed by atoms with E-state index in [2.05, 4.69) is 21.3 Å². The maximum absolute atomic E-state index is 5.94. The van der Waals surface area contributed by atoms with E-state index in [1.807, 2.05) is 18.2 Å². The molecule has 1 aromatic heterocycles. The summed E-state index contributed by atoms with van der Waals surface area (Å²) >= 11 is 5.94. The topological polar surface area (TPSA) is 41.0 Å². The summed E-state index contributed by atoms with van der Waals surface area (Å²) in [7, 11) is 0. The highest BCUT2D eigenvalue weighted by Crippen LogP contribution is 2.27. The number of H-pyrrole nitrogens is 1. The summed E-state index contributed by atoms with van der Waals surface area (Å²) in [6.07, 6.45) is 2.57. The highest BCUT2D eigenvalue weighted by Gasteiger charge is 2.14. The fourth-order valence-corrected chi connectivity index (χ4v) is 1.94. The Labute approximate surface area is 91.8 Å². The number of nitrogens with one attached hydrogen (secondary N) is 1. The Kier molecular flexibility index (Phi) is 1.86. The molecule has 0 atom stereocenters. The summed E-state index contributed by atoms with van der Waals surface area (Å²) in [4.78, 5) is 4.39. The van der Waals surface area contributed by atoms with Crippen LogP contribution in [-0.2, 0) is 6.42 Å². The molecule has 74 valence electrons. The minimum Gasteiger partial charge on any atom is -0.280 e. The van der Waals surface area contributed by atoms with Gasteiger partial charge in [-0.25, -0.2) is 0 Å². The molecule has 0 fully saturated rings. The van der Waals surface area contributed by atoms with Crippen molar-refractivity contribution in [2.45, 2.75) is 6.42 Å². The molecule has 0 spiro atoms. The first-order valence-corrected chi connectivity index (χ1v) is 5.07. The van der Waals surface area contributed by atoms with Gasteiger partial charge in [-0.3, -0.25) is 10.1 Å². The first-order valence-electron chi connectivity index (χ1n) is 4.69. The van der Waals surface area contributed by atoms with Gasteiger partial charge >= 0.3 is 0 Å². The molecule has 0 saturated carbocycles. The average molecular weight is 218 g/mol. The Hall–Kier alpha value is -1.61. The van der Waals surface area contributed by atoms with E-state index >= 15 is 0 Å². The van der Waals surface area contributed by atoms with Crippen molar-refractivity contribution < 1.29 is 0 Å². The largest absolute Gasteiger partial charge is 0.280 e. The van der Waals surface area contributed by atoms with Crippen molar-refractivity contribution in [1.29, 1.82) is 0 Å². The van der Waals surface area contributed by atoms with E-state index in [-0.39, 0.29) is 0 Å². The number of hydrogen-bond acceptors (Lipinski definition) is 2. The Morgan fingerprint density at radius 1 is 1.27 bits per heavy atom. The fourth-order valence-electron chi connectivity index (χ4n) is 1.74. The van der Waals surface area contributed by atoms with Gasteiger partial charge in [-0.15, -0.1) is 0 Å². The molecule has 15 heavy (non-hydrogen) atoms. The molecule has 0 bridgehead atoms. The van der Waals surface area contributed by atoms with E-state index < -0.39 is 0 Å². The minimum absolute atomic E-state index is 0.488. The molecule has 0 aliphatic carbocycles. The molecule has 4 heteroatoms. The van der Waals surface area contributed by atoms with Crippen molar-refractivity contribution >= 4 is 23.5 Å². The Morgan fingerprint density at radius 3 is 3.07 bits per heavy atom. The molecule has 0 radical (unpaired) electrons. The summed E-state index contributed by atoms with van der Waals surface area (Å²) in [6.45, 7) is 0. The lowest BCUT2D eigenvalue weighted by atomic mass is 10.1. The van der Waals surface area contributed by atoms with Crippen molar-refractivity contribution in [3.8, 4) is 0 Å². The molecule has 3 nitrogen and oxygen atoms in total. The smallest absolute Gasteiger partial charge is 0.159 e. The number of aromatic nitrogens is 2. The van der Waals surface area contributed by atoms with Crippen molar-refractivity contribution in [2.24, 2.45) is 4.99 Å². The lowest BCUT2D eigenvalue weighted by molar-refractivity contribution is 0.997. The van der Waals surface area contributed by atoms with Gasteiger partial charge in [0.2, 0.25) is 0 Å². The van der Waals surface area contributed by atoms with Gasteiger partial charge in [-0.05, 0) is 11.6 Å². The van der Waals surface area contributed by atoms with Crippen molar-refractivity contribution in [3.05, 3.63) is 46.2 Å². The monoisotopic (exact) mass is 217 g/mol. The summed E-state index contributed by atoms with van der Waals surface area (Å²) < 4.78 is 0. The van der Waals surface area contributed by atoms with Crippen LogP contribution in [0.5, 0.6) is 0 Å². The third-order valence-electron chi connectivity index (χ3n) is 2.53. The third-order valence-corrected chi connectivity index (χ3v) is 2.82. The Morgan fingerprint density at radius 2 is 2.13 bits per heavy atom. The number of hydrogen-bond donors (Lipinski definition) is 1. The van der Waals surface area contributed by atoms with Crippen LogP contribution in [0.1, 0.15) is 16.8 Å². The SMILES string of the molecule is Clc1n[nH]c2c1C=Nc1ccccc1C2. The van der Waals surface area contributed by atoms with Crippen LogP contribution in [0.2, 0.25) is 5.15 Å². The van der Waals surface area contributed by atoms with Crippen molar-refractivity contribution in [1.82, 2.24) is 10.2 Å². The lowest BCUT2D eigenvalue weighted by Gasteiger charge is -2.00. The van der Waals surface area contributed by atoms with Crippen molar-refractivity contribution in [2.75, 3.05) is 0 Å². The Bertz CT molecular complexity index is 543. The molecule has 2 heterocycles. The van der Waals surface area contributed by atoms with Crippen LogP contribution in [0.25, 0.3) is 0 Å². The van der Waals surface area contributed by atoms with E-state index in [1.165, 1.54) is 5.56 Å². The first-order chi connectivity index (χ1) is 7.34. The fraction of sp³-hybridized carbons (Fsp3) is 0.0909. The van der Waals surface area contributed by atoms with Gasteiger partial charge in [0.05, 0.1) is 16.9 Å². The number of para-hydroxylation sites is 1. The standard InChI is InChI=1S/C11H8ClN3/c12-11-8-6-13-9-4-2-1-3-7(9)5-10(8)14-15-11/h1-4,6H,5H2,(H,14,15). The van der Waals surface area contributed by atoms with Crippen LogP contribution < -0.4 is 0 Å². The van der Waals surface area contributed by atoms with Gasteiger partial charge in [-0.2, -0.15) is 5.10 Å². The average Bonchev–Trinajstić information content (AvgIpc) is 2.51. The number of benzene rings is 1. The van der Waals surface area contributed by atoms with Crippen LogP contribution in [0.15, 0.2) is 29.3 Å². The van der Waals surface area contributed by atoms with E-state index in [9.17, 15) is 0 Å². The van der Waals surface area contributed by atoms with E-state index in [0.717, 1.165) is 23.4 Å². The van der Waals surface area contributed by atoms with Crippen LogP contribution in [0.3, 0.4) is 0 Å². The molecule has 1 aromatic carbocycles. The predicted molar refractivity (Wildman–Crippen MR) is 60.1 cm³/mol. The number of nitrogens with zero attached hydrogens (tertiary/aromatic N) is 2. The van der Waals surface area contributed by atoms with Crippen LogP contribution in [-0.4, -0.2) is 16.4 Å². The number of aliphatic imine (C=N–C) groups is 1. The van der Waals surface area contributed by atoms with E-state index in [4.69, 9.17) is 11.6 Å². The highest BCUT2D eigenvalue weighted by molar-refractivity contribution is 6.32. The van der Waals surface area contributed by atoms with Crippen molar-refractivity contribution in [3.63, 3.8) is 0 Å². The van der Waals surface area contributed by atoms with Gasteiger partial charge in [0, 0.05) is 12.6 Å². The normalized spacial score (nSPS) is 13.1. The number of halogens is 1. The molecule has 1 aliphatic heterocycles. The quantitative estimate of drug-likeness (QED) is 0.618. The number of rotatable bonds is 0. The molecule has 0 unspecified atom stereocenters. The maximum atomic E-state index is 5.94. The second-order valence-corrected chi connectivity index (χ2v) is 3.83. The van der Waals surface area contributed by atoms with Gasteiger partial charge in [-0.1, -0.05) is 29.8 Å². The van der Waals surface area contributed by atoms with Gasteiger partial charge in [0.25, 0.3) is 0 Å². The van der Waals surface area contributed by atoms with Crippen LogP contribution in [0.4, 0.5) is 5.69 Å². The lowest BCUT2D eigenvalue weighted by Crippen LogP contribution is -1.90. The number of fused-ring (bicyclic) bond motifs is 2.